The normalized spacial score (nSPS) is 23.1. The van der Waals surface area contributed by atoms with E-state index in [4.69, 9.17) is 14.6 Å². The molecule has 2 aliphatic heterocycles. The van der Waals surface area contributed by atoms with Crippen LogP contribution in [-0.2, 0) is 26.2 Å². The lowest BCUT2D eigenvalue weighted by Crippen LogP contribution is -2.37. The fraction of sp³-hybridized carbons (Fsp3) is 0.483. The van der Waals surface area contributed by atoms with Crippen molar-refractivity contribution < 1.29 is 29.3 Å². The van der Waals surface area contributed by atoms with Crippen LogP contribution in [0.4, 0.5) is 5.69 Å². The Morgan fingerprint density at radius 1 is 1.16 bits per heavy atom. The number of aliphatic hydroxyl groups excluding tert-OH is 1. The van der Waals surface area contributed by atoms with E-state index in [9.17, 15) is 20.0 Å². The molecule has 38 heavy (non-hydrogen) atoms. The molecule has 200 valence electrons. The average Bonchev–Trinajstić information content (AvgIpc) is 3.64. The van der Waals surface area contributed by atoms with Crippen LogP contribution in [0.15, 0.2) is 36.4 Å². The van der Waals surface area contributed by atoms with E-state index in [1.807, 2.05) is 18.2 Å². The van der Waals surface area contributed by atoms with Gasteiger partial charge in [-0.05, 0) is 73.9 Å². The monoisotopic (exact) mass is 519 g/mol. The average molecular weight is 520 g/mol. The third kappa shape index (κ3) is 5.53. The van der Waals surface area contributed by atoms with Crippen molar-refractivity contribution in [2.45, 2.75) is 62.6 Å². The second-order valence-corrected chi connectivity index (χ2v) is 10.4. The summed E-state index contributed by atoms with van der Waals surface area (Å²) in [6, 6.07) is 13.1. The molecule has 0 bridgehead atoms. The number of carboxylic acids is 1. The topological polar surface area (TPSA) is 141 Å². The van der Waals surface area contributed by atoms with Crippen LogP contribution in [0.25, 0.3) is 0 Å². The number of carbonyl (C=O) groups excluding carboxylic acids is 1. The highest BCUT2D eigenvalue weighted by Crippen LogP contribution is 2.61. The largest absolute Gasteiger partial charge is 0.493 e. The molecule has 4 N–H and O–H groups in total. The molecule has 2 fully saturated rings. The summed E-state index contributed by atoms with van der Waals surface area (Å²) < 4.78 is 11.3. The number of carbonyl (C=O) groups is 2. The summed E-state index contributed by atoms with van der Waals surface area (Å²) in [4.78, 5) is 24.4. The van der Waals surface area contributed by atoms with Crippen LogP contribution < -0.4 is 15.4 Å². The van der Waals surface area contributed by atoms with Crippen molar-refractivity contribution >= 4 is 17.6 Å². The molecule has 1 saturated carbocycles. The van der Waals surface area contributed by atoms with Gasteiger partial charge < -0.3 is 25.0 Å². The van der Waals surface area contributed by atoms with Gasteiger partial charge in [-0.15, -0.1) is 0 Å². The first-order valence-electron chi connectivity index (χ1n) is 13.2. The van der Waals surface area contributed by atoms with Crippen LogP contribution in [0.1, 0.15) is 67.0 Å². The first kappa shape index (κ1) is 26.2. The van der Waals surface area contributed by atoms with E-state index < -0.39 is 12.2 Å². The molecule has 1 aliphatic carbocycles. The third-order valence-electron chi connectivity index (χ3n) is 8.00. The number of aliphatic carboxylic acids is 1. The lowest BCUT2D eigenvalue weighted by atomic mass is 9.86. The fourth-order valence-electron chi connectivity index (χ4n) is 5.75. The van der Waals surface area contributed by atoms with Gasteiger partial charge in [-0.3, -0.25) is 14.9 Å². The zero-order chi connectivity index (χ0) is 26.7. The number of rotatable bonds is 9. The number of nitriles is 1. The highest BCUT2D eigenvalue weighted by atomic mass is 16.5. The highest BCUT2D eigenvalue weighted by Gasteiger charge is 2.61. The number of carboxylic acid groups (broad SMARTS) is 1. The second kappa shape index (κ2) is 11.1. The quantitative estimate of drug-likeness (QED) is 0.370. The molecule has 5 rings (SSSR count). The van der Waals surface area contributed by atoms with E-state index >= 15 is 0 Å². The number of nitrogens with one attached hydrogen (secondary N) is 2. The van der Waals surface area contributed by atoms with Crippen LogP contribution in [-0.4, -0.2) is 48.0 Å². The Morgan fingerprint density at radius 3 is 2.74 bits per heavy atom. The smallest absolute Gasteiger partial charge is 0.303 e. The summed E-state index contributed by atoms with van der Waals surface area (Å²) in [7, 11) is 0. The molecule has 2 aromatic rings. The molecule has 2 aromatic carbocycles. The Kier molecular flexibility index (Phi) is 7.65. The van der Waals surface area contributed by atoms with Gasteiger partial charge >= 0.3 is 5.97 Å². The van der Waals surface area contributed by atoms with Crippen molar-refractivity contribution in [3.8, 4) is 11.8 Å². The molecule has 9 heteroatoms. The molecule has 2 heterocycles. The lowest BCUT2D eigenvalue weighted by Gasteiger charge is -2.29. The first-order valence-corrected chi connectivity index (χ1v) is 13.2. The molecule has 1 unspecified atom stereocenters. The van der Waals surface area contributed by atoms with E-state index in [2.05, 4.69) is 16.7 Å². The fourth-order valence-corrected chi connectivity index (χ4v) is 5.75. The summed E-state index contributed by atoms with van der Waals surface area (Å²) in [5, 5.41) is 35.5. The highest BCUT2D eigenvalue weighted by molar-refractivity contribution is 5.97. The predicted octanol–water partition coefficient (Wildman–Crippen LogP) is 3.40. The number of benzene rings is 2. The molecule has 3 atom stereocenters. The molecule has 1 amide bonds. The maximum Gasteiger partial charge on any atom is 0.303 e. The number of fused-ring (bicyclic) bond motifs is 2. The number of anilines is 1. The molecular weight excluding hydrogens is 486 g/mol. The minimum Gasteiger partial charge on any atom is -0.493 e. The maximum atomic E-state index is 13.5. The molecule has 1 saturated heterocycles. The standard InChI is InChI=1S/C29H33N3O6/c30-17-18-4-5-19(2-1-3-26(33)34)24(14-18)32-28(36)23-16-29(23)10-13-38-25-7-6-20(15-22(25)29)27(35)31-21-8-11-37-12-9-21/h4-7,14-15,21,23,27,31,35H,1-3,8-13,16H2,(H,32,36)(H,33,34)/t23-,27?,29-/m0/s1. The summed E-state index contributed by atoms with van der Waals surface area (Å²) >= 11 is 0. The van der Waals surface area contributed by atoms with E-state index in [0.717, 1.165) is 35.3 Å². The van der Waals surface area contributed by atoms with Crippen molar-refractivity contribution in [1.82, 2.24) is 5.32 Å². The Balaban J connectivity index is 1.32. The maximum absolute atomic E-state index is 13.5. The van der Waals surface area contributed by atoms with Crippen molar-refractivity contribution in [3.05, 3.63) is 58.7 Å². The zero-order valence-electron chi connectivity index (χ0n) is 21.2. The first-order chi connectivity index (χ1) is 18.4. The van der Waals surface area contributed by atoms with Gasteiger partial charge in [0.2, 0.25) is 5.91 Å². The number of nitrogens with zero attached hydrogens (tertiary/aromatic N) is 1. The molecule has 3 aliphatic rings. The van der Waals surface area contributed by atoms with Crippen molar-refractivity contribution in [2.24, 2.45) is 5.92 Å². The summed E-state index contributed by atoms with van der Waals surface area (Å²) in [6.45, 7) is 1.88. The molecule has 0 aromatic heterocycles. The van der Waals surface area contributed by atoms with Gasteiger partial charge in [0.25, 0.3) is 0 Å². The number of hydrogen-bond acceptors (Lipinski definition) is 7. The van der Waals surface area contributed by atoms with E-state index in [0.29, 0.717) is 56.8 Å². The van der Waals surface area contributed by atoms with Gasteiger partial charge in [0, 0.05) is 48.3 Å². The summed E-state index contributed by atoms with van der Waals surface area (Å²) in [6.07, 6.45) is 3.22. The Morgan fingerprint density at radius 2 is 1.97 bits per heavy atom. The van der Waals surface area contributed by atoms with Gasteiger partial charge in [0.15, 0.2) is 0 Å². The van der Waals surface area contributed by atoms with Crippen LogP contribution in [0.5, 0.6) is 5.75 Å². The number of amides is 1. The second-order valence-electron chi connectivity index (χ2n) is 10.4. The summed E-state index contributed by atoms with van der Waals surface area (Å²) in [5.74, 6) is -0.513. The van der Waals surface area contributed by atoms with Gasteiger partial charge in [-0.25, -0.2) is 0 Å². The van der Waals surface area contributed by atoms with Gasteiger partial charge in [0.1, 0.15) is 12.0 Å². The number of aryl methyl sites for hydroxylation is 1. The van der Waals surface area contributed by atoms with Crippen molar-refractivity contribution in [3.63, 3.8) is 0 Å². The van der Waals surface area contributed by atoms with Crippen LogP contribution in [0.2, 0.25) is 0 Å². The van der Waals surface area contributed by atoms with Gasteiger partial charge in [-0.1, -0.05) is 12.1 Å². The van der Waals surface area contributed by atoms with Crippen molar-refractivity contribution in [2.75, 3.05) is 25.1 Å². The van der Waals surface area contributed by atoms with E-state index in [1.165, 1.54) is 0 Å². The number of hydrogen-bond donors (Lipinski definition) is 4. The van der Waals surface area contributed by atoms with Crippen molar-refractivity contribution in [1.29, 1.82) is 5.26 Å². The Bertz CT molecular complexity index is 1250. The van der Waals surface area contributed by atoms with Crippen LogP contribution in [0.3, 0.4) is 0 Å². The zero-order valence-corrected chi connectivity index (χ0v) is 21.2. The molecule has 0 radical (unpaired) electrons. The number of aliphatic hydroxyl groups is 1. The SMILES string of the molecule is N#Cc1ccc(CCCC(=O)O)c(NC(=O)[C@@H]2C[C@]23CCOc2ccc(C(O)NC4CCOCC4)cc23)c1. The minimum absolute atomic E-state index is 0.0352. The van der Waals surface area contributed by atoms with Gasteiger partial charge in [0.05, 0.1) is 18.2 Å². The minimum atomic E-state index is -0.866. The number of ether oxygens (including phenoxy) is 2. The van der Waals surface area contributed by atoms with Crippen LogP contribution in [0, 0.1) is 17.2 Å². The Hall–Kier alpha value is -3.45. The van der Waals surface area contributed by atoms with E-state index in [-0.39, 0.29) is 29.7 Å². The summed E-state index contributed by atoms with van der Waals surface area (Å²) in [5.41, 5.74) is 3.13. The molecule has 1 spiro atoms. The molecule has 9 nitrogen and oxygen atoms in total. The van der Waals surface area contributed by atoms with Gasteiger partial charge in [-0.2, -0.15) is 5.26 Å². The van der Waals surface area contributed by atoms with Crippen LogP contribution >= 0.6 is 0 Å². The lowest BCUT2D eigenvalue weighted by molar-refractivity contribution is -0.137. The van der Waals surface area contributed by atoms with E-state index in [1.54, 1.807) is 18.2 Å². The molecular formula is C29H33N3O6. The third-order valence-corrected chi connectivity index (χ3v) is 8.00. The predicted molar refractivity (Wildman–Crippen MR) is 139 cm³/mol. The Labute approximate surface area is 221 Å².